The molecular weight excluding hydrogens is 258 g/mol. The first-order chi connectivity index (χ1) is 9.60. The molecule has 6 nitrogen and oxygen atoms in total. The number of ether oxygens (including phenoxy) is 1. The monoisotopic (exact) mass is 281 g/mol. The second-order valence-corrected chi connectivity index (χ2v) is 5.13. The maximum absolute atomic E-state index is 12.1. The highest BCUT2D eigenvalue weighted by molar-refractivity contribution is 5.80. The molecule has 6 heteroatoms. The molecule has 1 amide bonds. The number of nitrogens with zero attached hydrogens (tertiary/aromatic N) is 3. The summed E-state index contributed by atoms with van der Waals surface area (Å²) in [6, 6.07) is 1.95. The minimum atomic E-state index is -0.344. The molecule has 1 aromatic rings. The van der Waals surface area contributed by atoms with E-state index in [1.165, 1.54) is 0 Å². The van der Waals surface area contributed by atoms with Crippen molar-refractivity contribution in [2.24, 2.45) is 0 Å². The van der Waals surface area contributed by atoms with E-state index in [0.29, 0.717) is 6.61 Å². The van der Waals surface area contributed by atoms with E-state index in [-0.39, 0.29) is 12.0 Å². The molecule has 112 valence electrons. The Balaban J connectivity index is 1.78. The first kappa shape index (κ1) is 15.0. The molecule has 2 rings (SSSR count). The van der Waals surface area contributed by atoms with Crippen molar-refractivity contribution in [1.82, 2.24) is 15.0 Å². The number of hydrogen-bond donors (Lipinski definition) is 0. The van der Waals surface area contributed by atoms with Crippen LogP contribution in [-0.4, -0.2) is 59.8 Å². The van der Waals surface area contributed by atoms with Gasteiger partial charge in [-0.25, -0.2) is 0 Å². The van der Waals surface area contributed by atoms with Gasteiger partial charge in [-0.15, -0.1) is 0 Å². The van der Waals surface area contributed by atoms with Gasteiger partial charge in [0.15, 0.2) is 5.76 Å². The van der Waals surface area contributed by atoms with E-state index in [9.17, 15) is 4.79 Å². The number of amides is 1. The van der Waals surface area contributed by atoms with Crippen molar-refractivity contribution in [3.63, 3.8) is 0 Å². The van der Waals surface area contributed by atoms with Crippen LogP contribution in [0.25, 0.3) is 0 Å². The molecule has 0 bridgehead atoms. The number of carbonyl (C=O) groups is 1. The van der Waals surface area contributed by atoms with Crippen LogP contribution in [0.4, 0.5) is 0 Å². The predicted molar refractivity (Wildman–Crippen MR) is 74.2 cm³/mol. The molecule has 1 fully saturated rings. The lowest BCUT2D eigenvalue weighted by atomic mass is 10.2. The Labute approximate surface area is 119 Å². The summed E-state index contributed by atoms with van der Waals surface area (Å²) in [5, 5.41) is 3.89. The molecule has 0 radical (unpaired) electrons. The summed E-state index contributed by atoms with van der Waals surface area (Å²) in [5.41, 5.74) is 0.902. The van der Waals surface area contributed by atoms with Crippen LogP contribution < -0.4 is 0 Å². The number of aryl methyl sites for hydroxylation is 1. The number of hydrogen-bond acceptors (Lipinski definition) is 5. The maximum atomic E-state index is 12.1. The van der Waals surface area contributed by atoms with Gasteiger partial charge in [-0.05, 0) is 20.8 Å². The average Bonchev–Trinajstić information content (AvgIpc) is 2.84. The van der Waals surface area contributed by atoms with E-state index in [0.717, 1.165) is 44.2 Å². The Hall–Kier alpha value is -1.40. The molecule has 20 heavy (non-hydrogen) atoms. The first-order valence-corrected chi connectivity index (χ1v) is 7.15. The van der Waals surface area contributed by atoms with E-state index >= 15 is 0 Å². The normalized spacial score (nSPS) is 18.2. The molecule has 1 atom stereocenters. The van der Waals surface area contributed by atoms with E-state index in [2.05, 4.69) is 10.1 Å². The molecule has 0 saturated carbocycles. The smallest absolute Gasteiger partial charge is 0.251 e. The van der Waals surface area contributed by atoms with Crippen molar-refractivity contribution in [1.29, 1.82) is 0 Å². The lowest BCUT2D eigenvalue weighted by molar-refractivity contribution is -0.144. The minimum Gasteiger partial charge on any atom is -0.369 e. The molecule has 1 aliphatic heterocycles. The molecular formula is C14H23N3O3. The molecule has 2 heterocycles. The van der Waals surface area contributed by atoms with Crippen molar-refractivity contribution in [2.45, 2.75) is 33.4 Å². The fraction of sp³-hybridized carbons (Fsp3) is 0.714. The molecule has 0 spiro atoms. The standard InChI is InChI=1S/C14H23N3O3/c1-4-19-12(3)14(18)17-7-5-16(6-8-17)10-13-9-11(2)15-20-13/h9,12H,4-8,10H2,1-3H3/t12-/m0/s1. The van der Waals surface area contributed by atoms with Gasteiger partial charge < -0.3 is 14.2 Å². The second-order valence-electron chi connectivity index (χ2n) is 5.13. The van der Waals surface area contributed by atoms with Crippen LogP contribution in [0.3, 0.4) is 0 Å². The fourth-order valence-electron chi connectivity index (χ4n) is 2.42. The van der Waals surface area contributed by atoms with E-state index in [1.54, 1.807) is 0 Å². The Morgan fingerprint density at radius 1 is 1.45 bits per heavy atom. The Bertz CT molecular complexity index is 439. The van der Waals surface area contributed by atoms with Crippen LogP contribution in [-0.2, 0) is 16.1 Å². The van der Waals surface area contributed by atoms with Gasteiger partial charge >= 0.3 is 0 Å². The van der Waals surface area contributed by atoms with Gasteiger partial charge in [0.1, 0.15) is 6.10 Å². The fourth-order valence-corrected chi connectivity index (χ4v) is 2.42. The third-order valence-electron chi connectivity index (χ3n) is 3.50. The highest BCUT2D eigenvalue weighted by Crippen LogP contribution is 2.11. The summed E-state index contributed by atoms with van der Waals surface area (Å²) in [5.74, 6) is 0.965. The van der Waals surface area contributed by atoms with Crippen LogP contribution in [0.5, 0.6) is 0 Å². The zero-order chi connectivity index (χ0) is 14.5. The molecule has 1 saturated heterocycles. The van der Waals surface area contributed by atoms with Crippen molar-refractivity contribution in [2.75, 3.05) is 32.8 Å². The van der Waals surface area contributed by atoms with E-state index < -0.39 is 0 Å². The summed E-state index contributed by atoms with van der Waals surface area (Å²) >= 11 is 0. The van der Waals surface area contributed by atoms with Crippen LogP contribution >= 0.6 is 0 Å². The zero-order valence-electron chi connectivity index (χ0n) is 12.5. The number of piperazine rings is 1. The topological polar surface area (TPSA) is 58.8 Å². The van der Waals surface area contributed by atoms with Crippen molar-refractivity contribution in [3.8, 4) is 0 Å². The molecule has 0 N–H and O–H groups in total. The van der Waals surface area contributed by atoms with Crippen molar-refractivity contribution >= 4 is 5.91 Å². The van der Waals surface area contributed by atoms with Gasteiger partial charge in [0.25, 0.3) is 5.91 Å². The third-order valence-corrected chi connectivity index (χ3v) is 3.50. The van der Waals surface area contributed by atoms with Crippen molar-refractivity contribution in [3.05, 3.63) is 17.5 Å². The van der Waals surface area contributed by atoms with Gasteiger partial charge in [0.2, 0.25) is 0 Å². The van der Waals surface area contributed by atoms with Crippen LogP contribution in [0, 0.1) is 6.92 Å². The maximum Gasteiger partial charge on any atom is 0.251 e. The lowest BCUT2D eigenvalue weighted by Gasteiger charge is -2.35. The molecule has 1 aromatic heterocycles. The number of aromatic nitrogens is 1. The highest BCUT2D eigenvalue weighted by atomic mass is 16.5. The zero-order valence-corrected chi connectivity index (χ0v) is 12.5. The van der Waals surface area contributed by atoms with Gasteiger partial charge in [0.05, 0.1) is 12.2 Å². The quantitative estimate of drug-likeness (QED) is 0.807. The Kier molecular flexibility index (Phi) is 5.14. The highest BCUT2D eigenvalue weighted by Gasteiger charge is 2.25. The lowest BCUT2D eigenvalue weighted by Crippen LogP contribution is -2.51. The largest absolute Gasteiger partial charge is 0.369 e. The second kappa shape index (κ2) is 6.85. The van der Waals surface area contributed by atoms with Gasteiger partial charge in [-0.2, -0.15) is 0 Å². The number of carbonyl (C=O) groups excluding carboxylic acids is 1. The average molecular weight is 281 g/mol. The van der Waals surface area contributed by atoms with Crippen LogP contribution in [0.2, 0.25) is 0 Å². The molecule has 0 aromatic carbocycles. The Morgan fingerprint density at radius 3 is 2.70 bits per heavy atom. The summed E-state index contributed by atoms with van der Waals surface area (Å²) in [7, 11) is 0. The number of rotatable bonds is 5. The third kappa shape index (κ3) is 3.80. The SMILES string of the molecule is CCO[C@@H](C)C(=O)N1CCN(Cc2cc(C)no2)CC1. The van der Waals surface area contributed by atoms with Gasteiger partial charge in [0, 0.05) is 38.9 Å². The summed E-state index contributed by atoms with van der Waals surface area (Å²) < 4.78 is 10.6. The van der Waals surface area contributed by atoms with Crippen molar-refractivity contribution < 1.29 is 14.1 Å². The molecule has 0 unspecified atom stereocenters. The molecule has 0 aliphatic carbocycles. The predicted octanol–water partition coefficient (Wildman–Crippen LogP) is 1.05. The first-order valence-electron chi connectivity index (χ1n) is 7.15. The van der Waals surface area contributed by atoms with E-state index in [1.807, 2.05) is 31.7 Å². The minimum absolute atomic E-state index is 0.0852. The van der Waals surface area contributed by atoms with Crippen LogP contribution in [0.15, 0.2) is 10.6 Å². The Morgan fingerprint density at radius 2 is 2.15 bits per heavy atom. The van der Waals surface area contributed by atoms with Gasteiger partial charge in [-0.1, -0.05) is 5.16 Å². The summed E-state index contributed by atoms with van der Waals surface area (Å²) in [4.78, 5) is 16.3. The summed E-state index contributed by atoms with van der Waals surface area (Å²) in [6.07, 6.45) is -0.344. The van der Waals surface area contributed by atoms with Gasteiger partial charge in [-0.3, -0.25) is 9.69 Å². The summed E-state index contributed by atoms with van der Waals surface area (Å²) in [6.45, 7) is 10.1. The van der Waals surface area contributed by atoms with Crippen LogP contribution in [0.1, 0.15) is 25.3 Å². The molecule has 1 aliphatic rings. The van der Waals surface area contributed by atoms with E-state index in [4.69, 9.17) is 9.26 Å².